The Hall–Kier alpha value is -1.69. The molecule has 0 spiro atoms. The number of rotatable bonds is 4. The maximum Gasteiger partial charge on any atom is 0.307 e. The van der Waals surface area contributed by atoms with Gasteiger partial charge in [0.2, 0.25) is 5.89 Å². The van der Waals surface area contributed by atoms with Crippen molar-refractivity contribution < 1.29 is 14.4 Å². The van der Waals surface area contributed by atoms with E-state index in [-0.39, 0.29) is 5.92 Å². The van der Waals surface area contributed by atoms with E-state index in [0.717, 1.165) is 6.42 Å². The van der Waals surface area contributed by atoms with E-state index in [1.807, 2.05) is 17.5 Å². The Bertz CT molecular complexity index is 593. The van der Waals surface area contributed by atoms with E-state index in [2.05, 4.69) is 17.1 Å². The second-order valence-corrected chi connectivity index (χ2v) is 6.47. The number of nitrogens with zero attached hydrogens (tertiary/aromatic N) is 2. The first kappa shape index (κ1) is 13.3. The van der Waals surface area contributed by atoms with Gasteiger partial charge in [-0.15, -0.1) is 11.3 Å². The highest BCUT2D eigenvalue weighted by atomic mass is 32.1. The molecule has 0 bridgehead atoms. The van der Waals surface area contributed by atoms with Gasteiger partial charge in [-0.05, 0) is 30.2 Å². The lowest BCUT2D eigenvalue weighted by molar-refractivity contribution is -0.142. The summed E-state index contributed by atoms with van der Waals surface area (Å²) < 4.78 is 5.31. The van der Waals surface area contributed by atoms with Crippen molar-refractivity contribution in [3.8, 4) is 0 Å². The Balaban J connectivity index is 1.77. The van der Waals surface area contributed by atoms with Gasteiger partial charge in [0.25, 0.3) is 0 Å². The molecule has 0 radical (unpaired) electrons. The van der Waals surface area contributed by atoms with Crippen molar-refractivity contribution >= 4 is 17.3 Å². The number of aromatic nitrogens is 2. The molecule has 20 heavy (non-hydrogen) atoms. The molecule has 1 N–H and O–H groups in total. The van der Waals surface area contributed by atoms with Crippen LogP contribution in [0.5, 0.6) is 0 Å². The Morgan fingerprint density at radius 2 is 2.40 bits per heavy atom. The van der Waals surface area contributed by atoms with Crippen LogP contribution < -0.4 is 0 Å². The standard InChI is InChI=1S/C14H16N2O3S/c1-8-5-10(11(6-8)14(17)18)13-15-12(16-19-13)7-9-3-2-4-20-9/h2-4,8,10-11H,5-7H2,1H3,(H,17,18). The highest BCUT2D eigenvalue weighted by Crippen LogP contribution is 2.42. The van der Waals surface area contributed by atoms with Crippen LogP contribution in [0.25, 0.3) is 0 Å². The molecule has 106 valence electrons. The number of hydrogen-bond donors (Lipinski definition) is 1. The summed E-state index contributed by atoms with van der Waals surface area (Å²) in [4.78, 5) is 16.9. The average Bonchev–Trinajstić information content (AvgIpc) is 3.09. The first-order valence-electron chi connectivity index (χ1n) is 6.71. The molecule has 6 heteroatoms. The normalized spacial score (nSPS) is 25.9. The van der Waals surface area contributed by atoms with Crippen LogP contribution in [0.3, 0.4) is 0 Å². The molecule has 1 saturated carbocycles. The SMILES string of the molecule is CC1CC(C(=O)O)C(c2nc(Cc3cccs3)no2)C1. The van der Waals surface area contributed by atoms with Crippen LogP contribution in [0.2, 0.25) is 0 Å². The topological polar surface area (TPSA) is 76.2 Å². The van der Waals surface area contributed by atoms with Gasteiger partial charge >= 0.3 is 5.97 Å². The predicted molar refractivity (Wildman–Crippen MR) is 73.7 cm³/mol. The van der Waals surface area contributed by atoms with Gasteiger partial charge in [-0.2, -0.15) is 4.98 Å². The Morgan fingerprint density at radius 3 is 3.10 bits per heavy atom. The van der Waals surface area contributed by atoms with Crippen molar-refractivity contribution in [1.82, 2.24) is 10.1 Å². The maximum absolute atomic E-state index is 11.3. The number of hydrogen-bond acceptors (Lipinski definition) is 5. The smallest absolute Gasteiger partial charge is 0.307 e. The second kappa shape index (κ2) is 5.36. The number of aliphatic carboxylic acids is 1. The molecular weight excluding hydrogens is 276 g/mol. The van der Waals surface area contributed by atoms with Gasteiger partial charge < -0.3 is 9.63 Å². The fourth-order valence-corrected chi connectivity index (χ4v) is 3.60. The second-order valence-electron chi connectivity index (χ2n) is 5.43. The van der Waals surface area contributed by atoms with Crippen LogP contribution in [-0.4, -0.2) is 21.2 Å². The summed E-state index contributed by atoms with van der Waals surface area (Å²) in [7, 11) is 0. The molecule has 5 nitrogen and oxygen atoms in total. The molecule has 3 rings (SSSR count). The lowest BCUT2D eigenvalue weighted by Crippen LogP contribution is -2.17. The maximum atomic E-state index is 11.3. The van der Waals surface area contributed by atoms with Gasteiger partial charge in [0.05, 0.1) is 11.8 Å². The molecule has 0 aliphatic heterocycles. The van der Waals surface area contributed by atoms with Crippen molar-refractivity contribution in [3.05, 3.63) is 34.1 Å². The zero-order valence-electron chi connectivity index (χ0n) is 11.2. The lowest BCUT2D eigenvalue weighted by Gasteiger charge is -2.09. The lowest BCUT2D eigenvalue weighted by atomic mass is 9.96. The molecular formula is C14H16N2O3S. The molecule has 3 unspecified atom stereocenters. The molecule has 2 heterocycles. The fraction of sp³-hybridized carbons (Fsp3) is 0.500. The highest BCUT2D eigenvalue weighted by molar-refractivity contribution is 7.09. The quantitative estimate of drug-likeness (QED) is 0.937. The Labute approximate surface area is 120 Å². The van der Waals surface area contributed by atoms with E-state index in [1.165, 1.54) is 4.88 Å². The average molecular weight is 292 g/mol. The minimum Gasteiger partial charge on any atom is -0.481 e. The third-order valence-electron chi connectivity index (χ3n) is 3.83. The minimum absolute atomic E-state index is 0.146. The van der Waals surface area contributed by atoms with Crippen LogP contribution in [0.15, 0.2) is 22.0 Å². The minimum atomic E-state index is -0.766. The third kappa shape index (κ3) is 2.60. The van der Waals surface area contributed by atoms with Crippen LogP contribution in [0.1, 0.15) is 42.3 Å². The molecule has 1 fully saturated rings. The summed E-state index contributed by atoms with van der Waals surface area (Å²) >= 11 is 1.65. The number of carbonyl (C=O) groups is 1. The zero-order valence-corrected chi connectivity index (χ0v) is 12.0. The summed E-state index contributed by atoms with van der Waals surface area (Å²) in [5.74, 6) is 0.178. The fourth-order valence-electron chi connectivity index (χ4n) is 2.90. The van der Waals surface area contributed by atoms with E-state index in [9.17, 15) is 9.90 Å². The first-order chi connectivity index (χ1) is 9.63. The van der Waals surface area contributed by atoms with E-state index >= 15 is 0 Å². The van der Waals surface area contributed by atoms with E-state index < -0.39 is 11.9 Å². The number of carboxylic acid groups (broad SMARTS) is 1. The van der Waals surface area contributed by atoms with Gasteiger partial charge in [-0.1, -0.05) is 18.1 Å². The Morgan fingerprint density at radius 1 is 1.55 bits per heavy atom. The van der Waals surface area contributed by atoms with Gasteiger partial charge in [0.1, 0.15) is 0 Å². The van der Waals surface area contributed by atoms with E-state index in [0.29, 0.717) is 30.5 Å². The predicted octanol–water partition coefficient (Wildman–Crippen LogP) is 2.94. The molecule has 2 aromatic heterocycles. The molecule has 3 atom stereocenters. The monoisotopic (exact) mass is 292 g/mol. The van der Waals surface area contributed by atoms with Crippen molar-refractivity contribution in [1.29, 1.82) is 0 Å². The van der Waals surface area contributed by atoms with Crippen LogP contribution in [0.4, 0.5) is 0 Å². The molecule has 0 saturated heterocycles. The third-order valence-corrected chi connectivity index (χ3v) is 4.71. The molecule has 1 aliphatic rings. The molecule has 2 aromatic rings. The molecule has 0 amide bonds. The van der Waals surface area contributed by atoms with Crippen molar-refractivity contribution in [3.63, 3.8) is 0 Å². The van der Waals surface area contributed by atoms with E-state index in [4.69, 9.17) is 4.52 Å². The molecule has 0 aromatic carbocycles. The molecule has 1 aliphatic carbocycles. The zero-order chi connectivity index (χ0) is 14.1. The summed E-state index contributed by atoms with van der Waals surface area (Å²) in [5, 5.41) is 15.3. The van der Waals surface area contributed by atoms with Crippen LogP contribution in [-0.2, 0) is 11.2 Å². The summed E-state index contributed by atoms with van der Waals surface area (Å²) in [6.45, 7) is 2.07. The van der Waals surface area contributed by atoms with Crippen LogP contribution in [0, 0.1) is 11.8 Å². The Kier molecular flexibility index (Phi) is 3.56. The van der Waals surface area contributed by atoms with Crippen molar-refractivity contribution in [2.75, 3.05) is 0 Å². The van der Waals surface area contributed by atoms with Crippen molar-refractivity contribution in [2.24, 2.45) is 11.8 Å². The van der Waals surface area contributed by atoms with Gasteiger partial charge in [-0.25, -0.2) is 0 Å². The van der Waals surface area contributed by atoms with Crippen molar-refractivity contribution in [2.45, 2.75) is 32.1 Å². The summed E-state index contributed by atoms with van der Waals surface area (Å²) in [6, 6.07) is 4.01. The highest BCUT2D eigenvalue weighted by Gasteiger charge is 2.41. The summed E-state index contributed by atoms with van der Waals surface area (Å²) in [6.07, 6.45) is 2.13. The van der Waals surface area contributed by atoms with Gasteiger partial charge in [0, 0.05) is 11.3 Å². The van der Waals surface area contributed by atoms with Crippen LogP contribution >= 0.6 is 11.3 Å². The number of carboxylic acids is 1. The largest absolute Gasteiger partial charge is 0.481 e. The first-order valence-corrected chi connectivity index (χ1v) is 7.59. The number of thiophene rings is 1. The summed E-state index contributed by atoms with van der Waals surface area (Å²) in [5.41, 5.74) is 0. The van der Waals surface area contributed by atoms with E-state index in [1.54, 1.807) is 11.3 Å². The van der Waals surface area contributed by atoms with Gasteiger partial charge in [0.15, 0.2) is 5.82 Å². The van der Waals surface area contributed by atoms with Gasteiger partial charge in [-0.3, -0.25) is 4.79 Å².